The van der Waals surface area contributed by atoms with Gasteiger partial charge in [-0.15, -0.1) is 0 Å². The van der Waals surface area contributed by atoms with Crippen molar-refractivity contribution in [3.8, 4) is 0 Å². The maximum absolute atomic E-state index is 9.36. The lowest BCUT2D eigenvalue weighted by molar-refractivity contribution is 0.200. The Hall–Kier alpha value is -0.920. The van der Waals surface area contributed by atoms with E-state index in [4.69, 9.17) is 0 Å². The third-order valence-corrected chi connectivity index (χ3v) is 1.57. The van der Waals surface area contributed by atoms with Crippen LogP contribution in [0.3, 0.4) is 0 Å². The summed E-state index contributed by atoms with van der Waals surface area (Å²) in [7, 11) is 1.86. The Morgan fingerprint density at radius 1 is 1.45 bits per heavy atom. The molecule has 0 spiro atoms. The van der Waals surface area contributed by atoms with Crippen molar-refractivity contribution in [2.24, 2.45) is 0 Å². The van der Waals surface area contributed by atoms with Crippen molar-refractivity contribution >= 4 is 0 Å². The number of allylic oxidation sites excluding steroid dienone is 3. The van der Waals surface area contributed by atoms with Crippen molar-refractivity contribution in [3.05, 3.63) is 24.1 Å². The third-order valence-electron chi connectivity index (χ3n) is 1.57. The maximum Gasteiger partial charge on any atom is 0.186 e. The summed E-state index contributed by atoms with van der Waals surface area (Å²) in [4.78, 5) is 1.81. The number of hydrogen-bond donors (Lipinski definition) is 1. The highest BCUT2D eigenvalue weighted by atomic mass is 16.3. The van der Waals surface area contributed by atoms with Crippen LogP contribution in [0, 0.1) is 0 Å². The van der Waals surface area contributed by atoms with E-state index in [1.807, 2.05) is 40.0 Å². The van der Waals surface area contributed by atoms with Crippen LogP contribution in [0.1, 0.15) is 20.8 Å². The molecule has 0 bridgehead atoms. The summed E-state index contributed by atoms with van der Waals surface area (Å²) in [6.07, 6.45) is 5.37. The van der Waals surface area contributed by atoms with Gasteiger partial charge in [-0.05, 0) is 26.8 Å². The van der Waals surface area contributed by atoms with Gasteiger partial charge in [-0.3, -0.25) is 0 Å². The molecule has 0 saturated carbocycles. The summed E-state index contributed by atoms with van der Waals surface area (Å²) in [5.41, 5.74) is 0. The number of aliphatic hydroxyl groups excluding tert-OH is 1. The lowest BCUT2D eigenvalue weighted by atomic mass is 10.3. The molecule has 0 atom stereocenters. The smallest absolute Gasteiger partial charge is 0.186 e. The topological polar surface area (TPSA) is 23.5 Å². The van der Waals surface area contributed by atoms with Gasteiger partial charge < -0.3 is 10.0 Å². The second-order valence-corrected chi connectivity index (χ2v) is 2.76. The molecular weight excluding hydrogens is 138 g/mol. The first-order valence-corrected chi connectivity index (χ1v) is 3.84. The molecule has 0 aromatic heterocycles. The van der Waals surface area contributed by atoms with E-state index >= 15 is 0 Å². The second-order valence-electron chi connectivity index (χ2n) is 2.76. The average Bonchev–Trinajstić information content (AvgIpc) is 1.98. The van der Waals surface area contributed by atoms with Crippen LogP contribution in [0.25, 0.3) is 0 Å². The normalized spacial score (nSPS) is 13.0. The van der Waals surface area contributed by atoms with Gasteiger partial charge >= 0.3 is 0 Å². The van der Waals surface area contributed by atoms with Crippen LogP contribution >= 0.6 is 0 Å². The number of rotatable bonds is 3. The van der Waals surface area contributed by atoms with Gasteiger partial charge in [-0.2, -0.15) is 0 Å². The Labute approximate surface area is 68.8 Å². The van der Waals surface area contributed by atoms with Crippen LogP contribution in [0.2, 0.25) is 0 Å². The van der Waals surface area contributed by atoms with Crippen LogP contribution in [0.4, 0.5) is 0 Å². The van der Waals surface area contributed by atoms with E-state index in [2.05, 4.69) is 0 Å². The first-order valence-electron chi connectivity index (χ1n) is 3.84. The highest BCUT2D eigenvalue weighted by Crippen LogP contribution is 2.02. The molecule has 64 valence electrons. The molecule has 2 heteroatoms. The summed E-state index contributed by atoms with van der Waals surface area (Å²) >= 11 is 0. The van der Waals surface area contributed by atoms with Crippen LogP contribution in [0.15, 0.2) is 24.1 Å². The molecule has 2 nitrogen and oxygen atoms in total. The Morgan fingerprint density at radius 3 is 2.36 bits per heavy atom. The van der Waals surface area contributed by atoms with Gasteiger partial charge in [0.05, 0.1) is 0 Å². The minimum atomic E-state index is 0.304. The third kappa shape index (κ3) is 3.71. The molecule has 0 aromatic carbocycles. The van der Waals surface area contributed by atoms with Crippen molar-refractivity contribution in [2.45, 2.75) is 26.8 Å². The minimum Gasteiger partial charge on any atom is -0.495 e. The zero-order valence-corrected chi connectivity index (χ0v) is 7.70. The predicted octanol–water partition coefficient (Wildman–Crippen LogP) is 2.30. The molecule has 0 aliphatic heterocycles. The van der Waals surface area contributed by atoms with Gasteiger partial charge in [0.15, 0.2) is 5.88 Å². The van der Waals surface area contributed by atoms with Crippen molar-refractivity contribution in [1.82, 2.24) is 4.90 Å². The van der Waals surface area contributed by atoms with Crippen LogP contribution in [-0.2, 0) is 0 Å². The highest BCUT2D eigenvalue weighted by molar-refractivity contribution is 5.05. The molecule has 0 fully saturated rings. The summed E-state index contributed by atoms with van der Waals surface area (Å²) in [6.45, 7) is 5.97. The number of nitrogens with zero attached hydrogens (tertiary/aromatic N) is 1. The Bertz CT molecular complexity index is 159. The van der Waals surface area contributed by atoms with Crippen molar-refractivity contribution in [3.63, 3.8) is 0 Å². The van der Waals surface area contributed by atoms with Gasteiger partial charge in [0.25, 0.3) is 0 Å². The monoisotopic (exact) mass is 155 g/mol. The fraction of sp³-hybridized carbons (Fsp3) is 0.556. The molecule has 0 amide bonds. The maximum atomic E-state index is 9.36. The van der Waals surface area contributed by atoms with E-state index in [1.165, 1.54) is 0 Å². The molecule has 11 heavy (non-hydrogen) atoms. The molecule has 0 unspecified atom stereocenters. The SMILES string of the molecule is C/C=C/C=C(/O)N(C)C(C)C. The molecule has 0 aliphatic rings. The van der Waals surface area contributed by atoms with Crippen LogP contribution in [0.5, 0.6) is 0 Å². The van der Waals surface area contributed by atoms with E-state index in [0.29, 0.717) is 11.9 Å². The van der Waals surface area contributed by atoms with Crippen LogP contribution in [-0.4, -0.2) is 23.1 Å². The van der Waals surface area contributed by atoms with E-state index < -0.39 is 0 Å². The second kappa shape index (κ2) is 4.83. The zero-order valence-electron chi connectivity index (χ0n) is 7.70. The van der Waals surface area contributed by atoms with E-state index in [0.717, 1.165) is 0 Å². The summed E-state index contributed by atoms with van der Waals surface area (Å²) in [5, 5.41) is 9.36. The summed E-state index contributed by atoms with van der Waals surface area (Å²) in [6, 6.07) is 0.330. The van der Waals surface area contributed by atoms with Crippen LogP contribution < -0.4 is 0 Å². The van der Waals surface area contributed by atoms with Gasteiger partial charge in [0.1, 0.15) is 0 Å². The van der Waals surface area contributed by atoms with Crippen molar-refractivity contribution < 1.29 is 5.11 Å². The first kappa shape index (κ1) is 10.1. The first-order chi connectivity index (χ1) is 5.09. The molecule has 0 rings (SSSR count). The summed E-state index contributed by atoms with van der Waals surface area (Å²) < 4.78 is 0. The quantitative estimate of drug-likeness (QED) is 0.499. The molecule has 0 saturated heterocycles. The molecule has 0 aromatic rings. The average molecular weight is 155 g/mol. The predicted molar refractivity (Wildman–Crippen MR) is 48.4 cm³/mol. The number of aliphatic hydroxyl groups is 1. The molecule has 0 aliphatic carbocycles. The van der Waals surface area contributed by atoms with Gasteiger partial charge in [0.2, 0.25) is 0 Å². The van der Waals surface area contributed by atoms with E-state index in [9.17, 15) is 5.11 Å². The van der Waals surface area contributed by atoms with Gasteiger partial charge in [-0.25, -0.2) is 0 Å². The Balaban J connectivity index is 4.11. The zero-order chi connectivity index (χ0) is 8.85. The van der Waals surface area contributed by atoms with Crippen molar-refractivity contribution in [2.75, 3.05) is 7.05 Å². The van der Waals surface area contributed by atoms with Gasteiger partial charge in [0, 0.05) is 13.1 Å². The van der Waals surface area contributed by atoms with E-state index in [-0.39, 0.29) is 0 Å². The molecule has 1 N–H and O–H groups in total. The summed E-state index contributed by atoms with van der Waals surface area (Å²) in [5.74, 6) is 0.304. The Kier molecular flexibility index (Phi) is 4.42. The largest absolute Gasteiger partial charge is 0.495 e. The number of hydrogen-bond acceptors (Lipinski definition) is 2. The lowest BCUT2D eigenvalue weighted by Gasteiger charge is -2.21. The molecule has 0 heterocycles. The fourth-order valence-corrected chi connectivity index (χ4v) is 0.564. The van der Waals surface area contributed by atoms with Gasteiger partial charge in [-0.1, -0.05) is 12.2 Å². The van der Waals surface area contributed by atoms with Crippen molar-refractivity contribution in [1.29, 1.82) is 0 Å². The molecule has 0 radical (unpaired) electrons. The van der Waals surface area contributed by atoms with E-state index in [1.54, 1.807) is 11.0 Å². The highest BCUT2D eigenvalue weighted by Gasteiger charge is 2.03. The Morgan fingerprint density at radius 2 is 2.00 bits per heavy atom. The minimum absolute atomic E-state index is 0.304. The lowest BCUT2D eigenvalue weighted by Crippen LogP contribution is -2.25. The molecular formula is C9H17NO. The standard InChI is InChI=1S/C9H17NO/c1-5-6-7-9(11)10(4)8(2)3/h5-8,11H,1-4H3/b6-5+,9-7+. The fourth-order valence-electron chi connectivity index (χ4n) is 0.564.